The summed E-state index contributed by atoms with van der Waals surface area (Å²) in [6, 6.07) is 5.02. The minimum Gasteiger partial charge on any atom is -0.381 e. The van der Waals surface area contributed by atoms with Crippen molar-refractivity contribution in [1.29, 1.82) is 0 Å². The van der Waals surface area contributed by atoms with Gasteiger partial charge in [-0.25, -0.2) is 4.98 Å². The van der Waals surface area contributed by atoms with Crippen LogP contribution in [0.5, 0.6) is 0 Å². The van der Waals surface area contributed by atoms with Gasteiger partial charge in [0.25, 0.3) is 0 Å². The van der Waals surface area contributed by atoms with E-state index in [1.165, 1.54) is 0 Å². The average Bonchev–Trinajstić information content (AvgIpc) is 2.25. The number of pyridine rings is 1. The van der Waals surface area contributed by atoms with Crippen molar-refractivity contribution in [1.82, 2.24) is 4.98 Å². The van der Waals surface area contributed by atoms with E-state index in [2.05, 4.69) is 32.3 Å². The molecule has 0 radical (unpaired) electrons. The smallest absolute Gasteiger partial charge is 0.106 e. The summed E-state index contributed by atoms with van der Waals surface area (Å²) < 4.78 is 0.890. The Bertz CT molecular complexity index is 359. The van der Waals surface area contributed by atoms with Crippen molar-refractivity contribution in [3.05, 3.63) is 22.4 Å². The first-order chi connectivity index (χ1) is 7.65. The van der Waals surface area contributed by atoms with E-state index in [4.69, 9.17) is 5.73 Å². The Balaban J connectivity index is 1.98. The first-order valence-corrected chi connectivity index (χ1v) is 6.59. The summed E-state index contributed by atoms with van der Waals surface area (Å²) in [7, 11) is 0. The van der Waals surface area contributed by atoms with Gasteiger partial charge in [-0.2, -0.15) is 0 Å². The van der Waals surface area contributed by atoms with Crippen LogP contribution < -0.4 is 11.1 Å². The Kier molecular flexibility index (Phi) is 3.82. The lowest BCUT2D eigenvalue weighted by Crippen LogP contribution is -2.33. The first-order valence-electron chi connectivity index (χ1n) is 5.80. The summed E-state index contributed by atoms with van der Waals surface area (Å²) >= 11 is 3.37. The highest BCUT2D eigenvalue weighted by molar-refractivity contribution is 9.10. The summed E-state index contributed by atoms with van der Waals surface area (Å²) in [5, 5.41) is 3.56. The number of aryl methyl sites for hydroxylation is 1. The van der Waals surface area contributed by atoms with Crippen molar-refractivity contribution in [3.63, 3.8) is 0 Å². The van der Waals surface area contributed by atoms with Gasteiger partial charge in [0.2, 0.25) is 0 Å². The second-order valence-electron chi connectivity index (χ2n) is 4.52. The average molecular weight is 284 g/mol. The van der Waals surface area contributed by atoms with Crippen LogP contribution in [0.3, 0.4) is 0 Å². The summed E-state index contributed by atoms with van der Waals surface area (Å²) in [5.74, 6) is 0. The van der Waals surface area contributed by atoms with Crippen molar-refractivity contribution in [2.45, 2.75) is 44.7 Å². The van der Waals surface area contributed by atoms with Crippen LogP contribution in [0.1, 0.15) is 31.4 Å². The predicted octanol–water partition coefficient (Wildman–Crippen LogP) is 2.83. The third-order valence-electron chi connectivity index (χ3n) is 3.18. The van der Waals surface area contributed by atoms with Gasteiger partial charge in [0, 0.05) is 12.1 Å². The lowest BCUT2D eigenvalue weighted by Gasteiger charge is -2.28. The molecule has 1 aromatic rings. The minimum absolute atomic E-state index is 0.405. The van der Waals surface area contributed by atoms with Crippen LogP contribution in [0.4, 0.5) is 5.69 Å². The fourth-order valence-corrected chi connectivity index (χ4v) is 2.56. The van der Waals surface area contributed by atoms with E-state index in [0.717, 1.165) is 41.7 Å². The second kappa shape index (κ2) is 5.15. The number of rotatable bonds is 2. The van der Waals surface area contributed by atoms with Crippen molar-refractivity contribution < 1.29 is 0 Å². The molecule has 1 saturated carbocycles. The summed E-state index contributed by atoms with van der Waals surface area (Å²) in [4.78, 5) is 4.38. The van der Waals surface area contributed by atoms with Gasteiger partial charge in [-0.1, -0.05) is 0 Å². The molecule has 0 aromatic carbocycles. The third-order valence-corrected chi connectivity index (χ3v) is 3.62. The Labute approximate surface area is 105 Å². The SMILES string of the molecule is Cc1nc(Br)ccc1NC1CCC(N)CC1. The van der Waals surface area contributed by atoms with Crippen molar-refractivity contribution in [3.8, 4) is 0 Å². The molecule has 0 unspecified atom stereocenters. The topological polar surface area (TPSA) is 50.9 Å². The monoisotopic (exact) mass is 283 g/mol. The zero-order chi connectivity index (χ0) is 11.5. The zero-order valence-corrected chi connectivity index (χ0v) is 11.1. The molecular formula is C12H18BrN3. The molecule has 0 spiro atoms. The number of nitrogens with one attached hydrogen (secondary N) is 1. The Morgan fingerprint density at radius 2 is 2.00 bits per heavy atom. The largest absolute Gasteiger partial charge is 0.381 e. The molecule has 0 saturated heterocycles. The number of aromatic nitrogens is 1. The number of nitrogens with two attached hydrogens (primary N) is 1. The van der Waals surface area contributed by atoms with Gasteiger partial charge >= 0.3 is 0 Å². The predicted molar refractivity (Wildman–Crippen MR) is 70.5 cm³/mol. The van der Waals surface area contributed by atoms with Gasteiger partial charge in [-0.3, -0.25) is 0 Å². The summed E-state index contributed by atoms with van der Waals surface area (Å²) in [6.45, 7) is 2.03. The third kappa shape index (κ3) is 2.95. The van der Waals surface area contributed by atoms with Gasteiger partial charge in [0.15, 0.2) is 0 Å². The second-order valence-corrected chi connectivity index (χ2v) is 5.34. The fourth-order valence-electron chi connectivity index (χ4n) is 2.17. The summed E-state index contributed by atoms with van der Waals surface area (Å²) in [6.07, 6.45) is 4.58. The Hall–Kier alpha value is -0.610. The number of hydrogen-bond donors (Lipinski definition) is 2. The van der Waals surface area contributed by atoms with E-state index >= 15 is 0 Å². The quantitative estimate of drug-likeness (QED) is 0.821. The molecular weight excluding hydrogens is 266 g/mol. The molecule has 0 aliphatic heterocycles. The molecule has 88 valence electrons. The molecule has 4 heteroatoms. The highest BCUT2D eigenvalue weighted by atomic mass is 79.9. The summed E-state index contributed by atoms with van der Waals surface area (Å²) in [5.41, 5.74) is 8.08. The van der Waals surface area contributed by atoms with Crippen molar-refractivity contribution in [2.24, 2.45) is 5.73 Å². The molecule has 1 fully saturated rings. The molecule has 16 heavy (non-hydrogen) atoms. The number of halogens is 1. The van der Waals surface area contributed by atoms with Crippen LogP contribution in [0.15, 0.2) is 16.7 Å². The van der Waals surface area contributed by atoms with Crippen LogP contribution in [0.2, 0.25) is 0 Å². The first kappa shape index (κ1) is 11.9. The molecule has 3 nitrogen and oxygen atoms in total. The van der Waals surface area contributed by atoms with Crippen molar-refractivity contribution in [2.75, 3.05) is 5.32 Å². The molecule has 0 amide bonds. The van der Waals surface area contributed by atoms with Crippen molar-refractivity contribution >= 4 is 21.6 Å². The normalized spacial score (nSPS) is 25.4. The fraction of sp³-hybridized carbons (Fsp3) is 0.583. The zero-order valence-electron chi connectivity index (χ0n) is 9.54. The maximum atomic E-state index is 5.89. The Morgan fingerprint density at radius 1 is 1.31 bits per heavy atom. The molecule has 0 bridgehead atoms. The number of nitrogens with zero attached hydrogens (tertiary/aromatic N) is 1. The highest BCUT2D eigenvalue weighted by Gasteiger charge is 2.18. The van der Waals surface area contributed by atoms with E-state index in [1.807, 2.05) is 13.0 Å². The lowest BCUT2D eigenvalue weighted by molar-refractivity contribution is 0.411. The lowest BCUT2D eigenvalue weighted by atomic mass is 9.91. The molecule has 3 N–H and O–H groups in total. The molecule has 1 aliphatic rings. The highest BCUT2D eigenvalue weighted by Crippen LogP contribution is 2.23. The van der Waals surface area contributed by atoms with E-state index in [1.54, 1.807) is 0 Å². The maximum absolute atomic E-state index is 5.89. The molecule has 0 atom stereocenters. The van der Waals surface area contributed by atoms with Gasteiger partial charge in [-0.05, 0) is 60.7 Å². The van der Waals surface area contributed by atoms with E-state index < -0.39 is 0 Å². The van der Waals surface area contributed by atoms with Gasteiger partial charge in [0.1, 0.15) is 4.60 Å². The van der Waals surface area contributed by atoms with E-state index in [9.17, 15) is 0 Å². The molecule has 1 heterocycles. The number of anilines is 1. The Morgan fingerprint density at radius 3 is 2.62 bits per heavy atom. The van der Waals surface area contributed by atoms with E-state index in [0.29, 0.717) is 12.1 Å². The molecule has 1 aliphatic carbocycles. The van der Waals surface area contributed by atoms with Crippen LogP contribution in [0, 0.1) is 6.92 Å². The van der Waals surface area contributed by atoms with Gasteiger partial charge in [0.05, 0.1) is 11.4 Å². The molecule has 2 rings (SSSR count). The maximum Gasteiger partial charge on any atom is 0.106 e. The molecule has 1 aromatic heterocycles. The standard InChI is InChI=1S/C12H18BrN3/c1-8-11(6-7-12(13)15-8)16-10-4-2-9(14)3-5-10/h6-7,9-10,16H,2-5,14H2,1H3. The van der Waals surface area contributed by atoms with Gasteiger partial charge < -0.3 is 11.1 Å². The van der Waals surface area contributed by atoms with Crippen LogP contribution in [-0.2, 0) is 0 Å². The van der Waals surface area contributed by atoms with Crippen LogP contribution >= 0.6 is 15.9 Å². The number of hydrogen-bond acceptors (Lipinski definition) is 3. The van der Waals surface area contributed by atoms with Crippen LogP contribution in [-0.4, -0.2) is 17.1 Å². The van der Waals surface area contributed by atoms with Crippen LogP contribution in [0.25, 0.3) is 0 Å². The minimum atomic E-state index is 0.405. The van der Waals surface area contributed by atoms with Gasteiger partial charge in [-0.15, -0.1) is 0 Å². The van der Waals surface area contributed by atoms with E-state index in [-0.39, 0.29) is 0 Å².